The quantitative estimate of drug-likeness (QED) is 0.566. The van der Waals surface area contributed by atoms with Crippen LogP contribution in [-0.2, 0) is 9.59 Å². The monoisotopic (exact) mass is 299 g/mol. The van der Waals surface area contributed by atoms with Gasteiger partial charge in [-0.15, -0.1) is 0 Å². The molecule has 2 amide bonds. The summed E-state index contributed by atoms with van der Waals surface area (Å²) in [5, 5.41) is 0. The second-order valence-corrected chi connectivity index (χ2v) is 6.38. The van der Waals surface area contributed by atoms with Crippen molar-refractivity contribution in [2.75, 3.05) is 26.2 Å². The molecule has 1 aliphatic heterocycles. The number of piperazine rings is 1. The van der Waals surface area contributed by atoms with Crippen LogP contribution in [0.1, 0.15) is 40.0 Å². The second-order valence-electron chi connectivity index (χ2n) is 5.94. The molecule has 114 valence electrons. The Kier molecular flexibility index (Phi) is 5.92. The van der Waals surface area contributed by atoms with Crippen LogP contribution in [-0.4, -0.2) is 52.8 Å². The predicted molar refractivity (Wildman–Crippen MR) is 83.3 cm³/mol. The maximum atomic E-state index is 12.0. The summed E-state index contributed by atoms with van der Waals surface area (Å²) < 4.78 is 0. The zero-order valence-corrected chi connectivity index (χ0v) is 13.5. The van der Waals surface area contributed by atoms with Crippen LogP contribution in [0.4, 0.5) is 0 Å². The van der Waals surface area contributed by atoms with Crippen LogP contribution < -0.4 is 5.73 Å². The molecule has 0 spiro atoms. The number of nitrogens with zero attached hydrogens (tertiary/aromatic N) is 2. The first-order valence-electron chi connectivity index (χ1n) is 7.17. The number of carbonyl (C=O) groups is 2. The Morgan fingerprint density at radius 2 is 1.70 bits per heavy atom. The van der Waals surface area contributed by atoms with E-state index < -0.39 is 0 Å². The van der Waals surface area contributed by atoms with E-state index in [1.165, 1.54) is 0 Å². The van der Waals surface area contributed by atoms with E-state index in [1.807, 2.05) is 20.8 Å². The SMILES string of the molecule is CCCN1CCN(CCCC(C)(C)C(N)=S)C(=O)C1=O. The first-order valence-corrected chi connectivity index (χ1v) is 7.58. The Bertz CT molecular complexity index is 396. The summed E-state index contributed by atoms with van der Waals surface area (Å²) >= 11 is 5.02. The van der Waals surface area contributed by atoms with Crippen molar-refractivity contribution < 1.29 is 9.59 Å². The van der Waals surface area contributed by atoms with Crippen LogP contribution in [0.5, 0.6) is 0 Å². The second kappa shape index (κ2) is 7.02. The number of carbonyl (C=O) groups excluding carboxylic acids is 2. The Balaban J connectivity index is 2.45. The molecule has 1 saturated heterocycles. The van der Waals surface area contributed by atoms with Crippen molar-refractivity contribution in [3.63, 3.8) is 0 Å². The van der Waals surface area contributed by atoms with E-state index in [-0.39, 0.29) is 17.2 Å². The summed E-state index contributed by atoms with van der Waals surface area (Å²) in [6.45, 7) is 8.52. The fourth-order valence-corrected chi connectivity index (χ4v) is 2.35. The van der Waals surface area contributed by atoms with Crippen molar-refractivity contribution in [1.82, 2.24) is 9.80 Å². The number of thiocarbonyl (C=S) groups is 1. The molecule has 1 heterocycles. The van der Waals surface area contributed by atoms with E-state index >= 15 is 0 Å². The summed E-state index contributed by atoms with van der Waals surface area (Å²) in [5.74, 6) is -0.746. The standard InChI is InChI=1S/C14H25N3O2S/c1-4-7-16-9-10-17(12(19)11(16)18)8-5-6-14(2,3)13(15)20/h4-10H2,1-3H3,(H2,15,20). The largest absolute Gasteiger partial charge is 0.393 e. The first kappa shape index (κ1) is 16.9. The zero-order chi connectivity index (χ0) is 15.3. The van der Waals surface area contributed by atoms with Gasteiger partial charge >= 0.3 is 11.8 Å². The molecule has 1 fully saturated rings. The number of rotatable bonds is 7. The maximum Gasteiger partial charge on any atom is 0.312 e. The summed E-state index contributed by atoms with van der Waals surface area (Å²) in [4.78, 5) is 27.6. The Hall–Kier alpha value is -1.17. The summed E-state index contributed by atoms with van der Waals surface area (Å²) in [6, 6.07) is 0. The number of hydrogen-bond donors (Lipinski definition) is 1. The third-order valence-electron chi connectivity index (χ3n) is 3.79. The van der Waals surface area contributed by atoms with Gasteiger partial charge in [0.05, 0.1) is 4.99 Å². The van der Waals surface area contributed by atoms with E-state index in [0.717, 1.165) is 19.3 Å². The van der Waals surface area contributed by atoms with E-state index in [9.17, 15) is 9.59 Å². The van der Waals surface area contributed by atoms with Gasteiger partial charge in [-0.3, -0.25) is 9.59 Å². The smallest absolute Gasteiger partial charge is 0.312 e. The van der Waals surface area contributed by atoms with Gasteiger partial charge in [0.1, 0.15) is 0 Å². The van der Waals surface area contributed by atoms with Crippen molar-refractivity contribution in [3.05, 3.63) is 0 Å². The van der Waals surface area contributed by atoms with E-state index in [1.54, 1.807) is 9.80 Å². The average molecular weight is 299 g/mol. The van der Waals surface area contributed by atoms with Crippen molar-refractivity contribution in [3.8, 4) is 0 Å². The molecule has 0 saturated carbocycles. The minimum atomic E-state index is -0.377. The summed E-state index contributed by atoms with van der Waals surface area (Å²) in [6.07, 6.45) is 2.50. The van der Waals surface area contributed by atoms with E-state index in [0.29, 0.717) is 31.2 Å². The van der Waals surface area contributed by atoms with Crippen molar-refractivity contribution in [2.24, 2.45) is 11.1 Å². The summed E-state index contributed by atoms with van der Waals surface area (Å²) in [5.41, 5.74) is 5.48. The molecule has 0 aromatic carbocycles. The topological polar surface area (TPSA) is 66.6 Å². The normalized spacial score (nSPS) is 16.8. The van der Waals surface area contributed by atoms with Crippen molar-refractivity contribution >= 4 is 29.0 Å². The molecule has 0 bridgehead atoms. The zero-order valence-electron chi connectivity index (χ0n) is 12.6. The Morgan fingerprint density at radius 3 is 2.15 bits per heavy atom. The Labute approximate surface area is 126 Å². The molecule has 0 aliphatic carbocycles. The third kappa shape index (κ3) is 4.16. The molecule has 0 aromatic rings. The number of nitrogens with two attached hydrogens (primary N) is 1. The van der Waals surface area contributed by atoms with Gasteiger partial charge in [0.15, 0.2) is 0 Å². The van der Waals surface area contributed by atoms with Crippen LogP contribution >= 0.6 is 12.2 Å². The lowest BCUT2D eigenvalue weighted by atomic mass is 9.88. The van der Waals surface area contributed by atoms with Gasteiger partial charge in [-0.1, -0.05) is 33.0 Å². The lowest BCUT2D eigenvalue weighted by molar-refractivity contribution is -0.156. The fourth-order valence-electron chi connectivity index (χ4n) is 2.25. The molecule has 0 aromatic heterocycles. The predicted octanol–water partition coefficient (Wildman–Crippen LogP) is 1.16. The van der Waals surface area contributed by atoms with Gasteiger partial charge in [-0.2, -0.15) is 0 Å². The molecule has 0 atom stereocenters. The van der Waals surface area contributed by atoms with Crippen LogP contribution in [0.15, 0.2) is 0 Å². The van der Waals surface area contributed by atoms with E-state index in [2.05, 4.69) is 0 Å². The highest BCUT2D eigenvalue weighted by atomic mass is 32.1. The highest BCUT2D eigenvalue weighted by Crippen LogP contribution is 2.23. The molecule has 20 heavy (non-hydrogen) atoms. The molecule has 6 heteroatoms. The van der Waals surface area contributed by atoms with Gasteiger partial charge in [0, 0.05) is 31.6 Å². The maximum absolute atomic E-state index is 12.0. The van der Waals surface area contributed by atoms with Crippen LogP contribution in [0.25, 0.3) is 0 Å². The van der Waals surface area contributed by atoms with Gasteiger partial charge in [-0.25, -0.2) is 0 Å². The van der Waals surface area contributed by atoms with Gasteiger partial charge in [-0.05, 0) is 19.3 Å². The van der Waals surface area contributed by atoms with Crippen LogP contribution in [0.3, 0.4) is 0 Å². The van der Waals surface area contributed by atoms with Crippen LogP contribution in [0, 0.1) is 5.41 Å². The van der Waals surface area contributed by atoms with Crippen LogP contribution in [0.2, 0.25) is 0 Å². The molecule has 5 nitrogen and oxygen atoms in total. The van der Waals surface area contributed by atoms with Gasteiger partial charge in [0.25, 0.3) is 0 Å². The molecular weight excluding hydrogens is 274 g/mol. The highest BCUT2D eigenvalue weighted by Gasteiger charge is 2.32. The Morgan fingerprint density at radius 1 is 1.20 bits per heavy atom. The van der Waals surface area contributed by atoms with Gasteiger partial charge < -0.3 is 15.5 Å². The highest BCUT2D eigenvalue weighted by molar-refractivity contribution is 7.80. The molecule has 2 N–H and O–H groups in total. The third-order valence-corrected chi connectivity index (χ3v) is 4.34. The number of amides is 2. The first-order chi connectivity index (χ1) is 9.29. The molecule has 0 radical (unpaired) electrons. The molecule has 1 aliphatic rings. The van der Waals surface area contributed by atoms with E-state index in [4.69, 9.17) is 18.0 Å². The lowest BCUT2D eigenvalue weighted by Crippen LogP contribution is -2.54. The summed E-state index contributed by atoms with van der Waals surface area (Å²) in [7, 11) is 0. The van der Waals surface area contributed by atoms with Crippen molar-refractivity contribution in [1.29, 1.82) is 0 Å². The molecule has 0 unspecified atom stereocenters. The molecular formula is C14H25N3O2S. The lowest BCUT2D eigenvalue weighted by Gasteiger charge is -2.34. The van der Waals surface area contributed by atoms with Gasteiger partial charge in [0.2, 0.25) is 0 Å². The number of hydrogen-bond acceptors (Lipinski definition) is 3. The fraction of sp³-hybridized carbons (Fsp3) is 0.786. The van der Waals surface area contributed by atoms with Crippen molar-refractivity contribution in [2.45, 2.75) is 40.0 Å². The molecule has 1 rings (SSSR count). The minimum Gasteiger partial charge on any atom is -0.393 e. The minimum absolute atomic E-state index is 0.202. The average Bonchev–Trinajstić information content (AvgIpc) is 2.37.